The maximum atomic E-state index is 5.74. The molecule has 2 aromatic heterocycles. The summed E-state index contributed by atoms with van der Waals surface area (Å²) >= 11 is 3.25. The summed E-state index contributed by atoms with van der Waals surface area (Å²) in [5.41, 5.74) is 9.04. The van der Waals surface area contributed by atoms with Gasteiger partial charge in [-0.05, 0) is 30.3 Å². The Morgan fingerprint density at radius 2 is 2.00 bits per heavy atom. The van der Waals surface area contributed by atoms with Crippen LogP contribution in [0.25, 0.3) is 21.3 Å². The Balaban J connectivity index is 1.57. The van der Waals surface area contributed by atoms with Crippen molar-refractivity contribution < 1.29 is 4.42 Å². The van der Waals surface area contributed by atoms with E-state index in [0.717, 1.165) is 27.4 Å². The molecular weight excluding hydrogens is 302 g/mol. The molecule has 4 rings (SSSR count). The molecule has 0 aliphatic carbocycles. The average Bonchev–Trinajstić information content (AvgIpc) is 3.07. The van der Waals surface area contributed by atoms with E-state index in [4.69, 9.17) is 10.2 Å². The van der Waals surface area contributed by atoms with Crippen LogP contribution < -0.4 is 5.73 Å². The molecule has 0 spiro atoms. The lowest BCUT2D eigenvalue weighted by atomic mass is 10.3. The van der Waals surface area contributed by atoms with Gasteiger partial charge in [0.25, 0.3) is 5.22 Å². The van der Waals surface area contributed by atoms with Crippen LogP contribution in [-0.2, 0) is 5.75 Å². The van der Waals surface area contributed by atoms with Gasteiger partial charge >= 0.3 is 0 Å². The van der Waals surface area contributed by atoms with Crippen molar-refractivity contribution in [2.45, 2.75) is 11.0 Å². The zero-order valence-corrected chi connectivity index (χ0v) is 12.6. The molecule has 0 fully saturated rings. The smallest absolute Gasteiger partial charge is 0.257 e. The van der Waals surface area contributed by atoms with Gasteiger partial charge in [0.1, 0.15) is 10.5 Å². The molecule has 21 heavy (non-hydrogen) atoms. The molecule has 0 saturated carbocycles. The molecular formula is C15H11N3OS2. The lowest BCUT2D eigenvalue weighted by Crippen LogP contribution is -1.82. The number of para-hydroxylation sites is 1. The molecule has 104 valence electrons. The summed E-state index contributed by atoms with van der Waals surface area (Å²) in [5, 5.41) is 1.72. The van der Waals surface area contributed by atoms with Gasteiger partial charge in [-0.25, -0.2) is 9.97 Å². The van der Waals surface area contributed by atoms with Gasteiger partial charge < -0.3 is 10.2 Å². The van der Waals surface area contributed by atoms with Crippen molar-refractivity contribution in [2.75, 3.05) is 5.73 Å². The molecule has 0 aliphatic heterocycles. The average molecular weight is 313 g/mol. The first kappa shape index (κ1) is 12.7. The second-order valence-electron chi connectivity index (χ2n) is 4.57. The van der Waals surface area contributed by atoms with E-state index >= 15 is 0 Å². The van der Waals surface area contributed by atoms with E-state index in [1.54, 1.807) is 23.1 Å². The van der Waals surface area contributed by atoms with Crippen LogP contribution in [0.2, 0.25) is 0 Å². The molecule has 0 saturated heterocycles. The number of rotatable bonds is 3. The third kappa shape index (κ3) is 2.48. The topological polar surface area (TPSA) is 64.9 Å². The number of hydrogen-bond acceptors (Lipinski definition) is 6. The summed E-state index contributed by atoms with van der Waals surface area (Å²) in [6.45, 7) is 0. The van der Waals surface area contributed by atoms with Crippen LogP contribution in [0, 0.1) is 0 Å². The SMILES string of the molecule is Nc1ccc2oc(SCc3nc4ccccc4s3)nc2c1. The number of nitrogens with zero attached hydrogens (tertiary/aromatic N) is 2. The third-order valence-electron chi connectivity index (χ3n) is 3.05. The fraction of sp³-hybridized carbons (Fsp3) is 0.0667. The van der Waals surface area contributed by atoms with Crippen LogP contribution in [0.4, 0.5) is 5.69 Å². The van der Waals surface area contributed by atoms with E-state index in [1.165, 1.54) is 4.70 Å². The lowest BCUT2D eigenvalue weighted by molar-refractivity contribution is 0.489. The van der Waals surface area contributed by atoms with E-state index in [2.05, 4.69) is 16.0 Å². The van der Waals surface area contributed by atoms with Gasteiger partial charge in [0, 0.05) is 5.69 Å². The van der Waals surface area contributed by atoms with Crippen LogP contribution in [0.15, 0.2) is 52.1 Å². The maximum Gasteiger partial charge on any atom is 0.257 e. The predicted molar refractivity (Wildman–Crippen MR) is 87.6 cm³/mol. The van der Waals surface area contributed by atoms with Crippen molar-refractivity contribution in [2.24, 2.45) is 0 Å². The number of nitrogens with two attached hydrogens (primary N) is 1. The van der Waals surface area contributed by atoms with E-state index in [-0.39, 0.29) is 0 Å². The number of oxazole rings is 1. The maximum absolute atomic E-state index is 5.74. The van der Waals surface area contributed by atoms with Crippen LogP contribution in [-0.4, -0.2) is 9.97 Å². The van der Waals surface area contributed by atoms with E-state index in [0.29, 0.717) is 10.9 Å². The minimum Gasteiger partial charge on any atom is -0.431 e. The van der Waals surface area contributed by atoms with Crippen LogP contribution in [0.1, 0.15) is 5.01 Å². The van der Waals surface area contributed by atoms with Crippen LogP contribution >= 0.6 is 23.1 Å². The molecule has 0 radical (unpaired) electrons. The highest BCUT2D eigenvalue weighted by atomic mass is 32.2. The summed E-state index contributed by atoms with van der Waals surface area (Å²) < 4.78 is 6.90. The van der Waals surface area contributed by atoms with Crippen LogP contribution in [0.3, 0.4) is 0 Å². The molecule has 0 aliphatic rings. The second kappa shape index (κ2) is 5.05. The highest BCUT2D eigenvalue weighted by molar-refractivity contribution is 7.98. The second-order valence-corrected chi connectivity index (χ2v) is 6.61. The Kier molecular flexibility index (Phi) is 3.05. The quantitative estimate of drug-likeness (QED) is 0.451. The molecule has 2 aromatic carbocycles. The van der Waals surface area contributed by atoms with Crippen molar-refractivity contribution in [3.05, 3.63) is 47.5 Å². The summed E-state index contributed by atoms with van der Waals surface area (Å²) in [6.07, 6.45) is 0. The van der Waals surface area contributed by atoms with Gasteiger partial charge in [0.05, 0.1) is 16.0 Å². The molecule has 0 unspecified atom stereocenters. The Labute approximate surface area is 129 Å². The Bertz CT molecular complexity index is 896. The Morgan fingerprint density at radius 1 is 1.10 bits per heavy atom. The molecule has 0 bridgehead atoms. The first-order valence-corrected chi connectivity index (χ1v) is 8.21. The first-order valence-electron chi connectivity index (χ1n) is 6.41. The van der Waals surface area contributed by atoms with Gasteiger partial charge in [-0.3, -0.25) is 0 Å². The highest BCUT2D eigenvalue weighted by Gasteiger charge is 2.09. The largest absolute Gasteiger partial charge is 0.431 e. The standard InChI is InChI=1S/C15H11N3OS2/c16-9-5-6-12-11(7-9)18-15(19-12)20-8-14-17-10-3-1-2-4-13(10)21-14/h1-7H,8,16H2. The number of nitrogen functional groups attached to an aromatic ring is 1. The highest BCUT2D eigenvalue weighted by Crippen LogP contribution is 2.30. The van der Waals surface area contributed by atoms with Crippen LogP contribution in [0.5, 0.6) is 0 Å². The first-order chi connectivity index (χ1) is 10.3. The van der Waals surface area contributed by atoms with Gasteiger partial charge in [0.15, 0.2) is 5.58 Å². The van der Waals surface area contributed by atoms with Crippen molar-refractivity contribution in [1.82, 2.24) is 9.97 Å². The van der Waals surface area contributed by atoms with E-state index in [1.807, 2.05) is 36.4 Å². The number of anilines is 1. The lowest BCUT2D eigenvalue weighted by Gasteiger charge is -1.90. The minimum absolute atomic E-state index is 0.648. The summed E-state index contributed by atoms with van der Waals surface area (Å²) in [5.74, 6) is 0.752. The third-order valence-corrected chi connectivity index (χ3v) is 5.11. The molecule has 6 heteroatoms. The summed E-state index contributed by atoms with van der Waals surface area (Å²) in [7, 11) is 0. The Morgan fingerprint density at radius 3 is 2.90 bits per heavy atom. The normalized spacial score (nSPS) is 11.4. The van der Waals surface area contributed by atoms with Gasteiger partial charge in [-0.2, -0.15) is 0 Å². The number of benzene rings is 2. The fourth-order valence-electron chi connectivity index (χ4n) is 2.09. The molecule has 2 N–H and O–H groups in total. The zero-order valence-electron chi connectivity index (χ0n) is 10.9. The number of hydrogen-bond donors (Lipinski definition) is 1. The van der Waals surface area contributed by atoms with Crippen molar-refractivity contribution in [3.8, 4) is 0 Å². The number of aromatic nitrogens is 2. The monoisotopic (exact) mass is 313 g/mol. The fourth-order valence-corrected chi connectivity index (χ4v) is 3.89. The molecule has 0 atom stereocenters. The summed E-state index contributed by atoms with van der Waals surface area (Å²) in [4.78, 5) is 9.04. The van der Waals surface area contributed by atoms with Gasteiger partial charge in [-0.15, -0.1) is 11.3 Å². The molecule has 0 amide bonds. The molecule has 2 heterocycles. The number of thiazole rings is 1. The molecule has 4 aromatic rings. The number of thioether (sulfide) groups is 1. The van der Waals surface area contributed by atoms with Gasteiger partial charge in [0.2, 0.25) is 0 Å². The van der Waals surface area contributed by atoms with Crippen molar-refractivity contribution in [3.63, 3.8) is 0 Å². The number of fused-ring (bicyclic) bond motifs is 2. The zero-order chi connectivity index (χ0) is 14.2. The van der Waals surface area contributed by atoms with Crippen molar-refractivity contribution >= 4 is 50.1 Å². The molecule has 4 nitrogen and oxygen atoms in total. The summed E-state index contributed by atoms with van der Waals surface area (Å²) in [6, 6.07) is 13.6. The Hall–Kier alpha value is -2.05. The van der Waals surface area contributed by atoms with Gasteiger partial charge in [-0.1, -0.05) is 23.9 Å². The minimum atomic E-state index is 0.648. The van der Waals surface area contributed by atoms with E-state index in [9.17, 15) is 0 Å². The predicted octanol–water partition coefficient (Wildman–Crippen LogP) is 4.31. The van der Waals surface area contributed by atoms with Crippen molar-refractivity contribution in [1.29, 1.82) is 0 Å². The van der Waals surface area contributed by atoms with E-state index < -0.39 is 0 Å².